The van der Waals surface area contributed by atoms with Crippen LogP contribution in [0.25, 0.3) is 22.3 Å². The fourth-order valence-electron chi connectivity index (χ4n) is 2.79. The second-order valence-corrected chi connectivity index (χ2v) is 8.07. The van der Waals surface area contributed by atoms with Gasteiger partial charge in [0, 0.05) is 10.9 Å². The van der Waals surface area contributed by atoms with Gasteiger partial charge in [0.25, 0.3) is 0 Å². The number of anilines is 1. The first-order chi connectivity index (χ1) is 12.9. The lowest BCUT2D eigenvalue weighted by Gasteiger charge is -2.09. The molecule has 1 aromatic heterocycles. The van der Waals surface area contributed by atoms with Crippen molar-refractivity contribution < 1.29 is 22.4 Å². The van der Waals surface area contributed by atoms with Crippen molar-refractivity contribution in [3.8, 4) is 11.3 Å². The Balaban J connectivity index is 2.25. The number of aryl methyl sites for hydroxylation is 1. The second kappa shape index (κ2) is 7.44. The zero-order valence-electron chi connectivity index (χ0n) is 15.4. The molecule has 0 radical (unpaired) electrons. The minimum absolute atomic E-state index is 0.0458. The third-order valence-corrected chi connectivity index (χ3v) is 5.49. The van der Waals surface area contributed by atoms with Crippen LogP contribution < -0.4 is 4.72 Å². The molecule has 0 unspecified atom stereocenters. The summed E-state index contributed by atoms with van der Waals surface area (Å²) in [5.41, 5.74) is 2.63. The normalized spacial score (nSPS) is 11.5. The van der Waals surface area contributed by atoms with Gasteiger partial charge >= 0.3 is 5.97 Å². The van der Waals surface area contributed by atoms with Crippen LogP contribution in [0.15, 0.2) is 46.9 Å². The molecule has 2 aromatic carbocycles. The predicted octanol–water partition coefficient (Wildman–Crippen LogP) is 4.35. The first-order valence-electron chi connectivity index (χ1n) is 8.66. The van der Waals surface area contributed by atoms with Crippen LogP contribution in [0.5, 0.6) is 0 Å². The smallest absolute Gasteiger partial charge is 0.342 e. The van der Waals surface area contributed by atoms with E-state index >= 15 is 0 Å². The molecule has 3 aromatic rings. The van der Waals surface area contributed by atoms with Gasteiger partial charge < -0.3 is 9.15 Å². The highest BCUT2D eigenvalue weighted by Gasteiger charge is 2.24. The second-order valence-electron chi connectivity index (χ2n) is 6.06. The molecule has 1 heterocycles. The predicted molar refractivity (Wildman–Crippen MR) is 105 cm³/mol. The summed E-state index contributed by atoms with van der Waals surface area (Å²) in [6.07, 6.45) is 0. The Bertz CT molecular complexity index is 1080. The summed E-state index contributed by atoms with van der Waals surface area (Å²) in [4.78, 5) is 12.6. The number of carbonyl (C=O) groups excluding carboxylic acids is 1. The number of fused-ring (bicyclic) bond motifs is 1. The number of sulfonamides is 1. The van der Waals surface area contributed by atoms with Gasteiger partial charge in [0.1, 0.15) is 16.9 Å². The van der Waals surface area contributed by atoms with E-state index in [1.54, 1.807) is 32.9 Å². The summed E-state index contributed by atoms with van der Waals surface area (Å²) in [5, 5.41) is 0.506. The summed E-state index contributed by atoms with van der Waals surface area (Å²) in [6.45, 7) is 5.29. The molecule has 7 heteroatoms. The zero-order chi connectivity index (χ0) is 19.6. The van der Waals surface area contributed by atoms with Crippen LogP contribution in [0, 0.1) is 6.92 Å². The van der Waals surface area contributed by atoms with Crippen molar-refractivity contribution in [3.63, 3.8) is 0 Å². The molecule has 0 spiro atoms. The summed E-state index contributed by atoms with van der Waals surface area (Å²) in [7, 11) is -3.45. The minimum Gasteiger partial charge on any atom is -0.462 e. The molecule has 142 valence electrons. The maximum atomic E-state index is 12.6. The van der Waals surface area contributed by atoms with Crippen LogP contribution in [0.4, 0.5) is 5.69 Å². The van der Waals surface area contributed by atoms with Gasteiger partial charge in [-0.05, 0) is 38.5 Å². The third kappa shape index (κ3) is 3.83. The van der Waals surface area contributed by atoms with E-state index in [2.05, 4.69) is 4.72 Å². The van der Waals surface area contributed by atoms with Crippen molar-refractivity contribution in [2.45, 2.75) is 20.8 Å². The van der Waals surface area contributed by atoms with Crippen LogP contribution in [0.3, 0.4) is 0 Å². The maximum Gasteiger partial charge on any atom is 0.342 e. The van der Waals surface area contributed by atoms with Crippen molar-refractivity contribution in [2.75, 3.05) is 17.1 Å². The molecule has 0 bridgehead atoms. The molecular formula is C20H21NO5S. The fourth-order valence-corrected chi connectivity index (χ4v) is 3.49. The first kappa shape index (κ1) is 19.0. The molecule has 0 saturated heterocycles. The lowest BCUT2D eigenvalue weighted by molar-refractivity contribution is 0.0528. The minimum atomic E-state index is -3.45. The summed E-state index contributed by atoms with van der Waals surface area (Å²) in [6, 6.07) is 12.6. The lowest BCUT2D eigenvalue weighted by atomic mass is 10.0. The highest BCUT2D eigenvalue weighted by atomic mass is 32.2. The number of carbonyl (C=O) groups is 1. The molecule has 0 saturated carbocycles. The quantitative estimate of drug-likeness (QED) is 0.636. The molecule has 27 heavy (non-hydrogen) atoms. The Morgan fingerprint density at radius 1 is 1.15 bits per heavy atom. The molecule has 0 amide bonds. The van der Waals surface area contributed by atoms with Gasteiger partial charge in [-0.25, -0.2) is 13.2 Å². The standard InChI is InChI=1S/C20H21NO5S/c1-4-25-20(22)18-15-12-16(21-27(23,24)5-2)13(3)11-17(15)26-19(18)14-9-7-6-8-10-14/h6-12,21H,4-5H2,1-3H3. The van der Waals surface area contributed by atoms with E-state index in [9.17, 15) is 13.2 Å². The molecule has 0 aliphatic rings. The van der Waals surface area contributed by atoms with E-state index in [0.717, 1.165) is 5.56 Å². The van der Waals surface area contributed by atoms with E-state index in [-0.39, 0.29) is 17.9 Å². The molecule has 3 rings (SSSR count). The van der Waals surface area contributed by atoms with Crippen LogP contribution in [0.1, 0.15) is 29.8 Å². The Hall–Kier alpha value is -2.80. The van der Waals surface area contributed by atoms with Gasteiger partial charge in [0.2, 0.25) is 10.0 Å². The fraction of sp³-hybridized carbons (Fsp3) is 0.250. The van der Waals surface area contributed by atoms with Crippen LogP contribution in [0.2, 0.25) is 0 Å². The average molecular weight is 387 g/mol. The summed E-state index contributed by atoms with van der Waals surface area (Å²) in [5.74, 6) is -0.155. The van der Waals surface area contributed by atoms with E-state index in [0.29, 0.717) is 28.0 Å². The SMILES string of the molecule is CCOC(=O)c1c(-c2ccccc2)oc2cc(C)c(NS(=O)(=O)CC)cc12. The highest BCUT2D eigenvalue weighted by molar-refractivity contribution is 7.92. The van der Waals surface area contributed by atoms with E-state index < -0.39 is 16.0 Å². The molecule has 6 nitrogen and oxygen atoms in total. The number of rotatable bonds is 6. The van der Waals surface area contributed by atoms with Crippen molar-refractivity contribution in [1.29, 1.82) is 0 Å². The van der Waals surface area contributed by atoms with Crippen molar-refractivity contribution >= 4 is 32.6 Å². The molecule has 0 fully saturated rings. The Morgan fingerprint density at radius 3 is 2.48 bits per heavy atom. The van der Waals surface area contributed by atoms with Gasteiger partial charge in [-0.3, -0.25) is 4.72 Å². The number of benzene rings is 2. The van der Waals surface area contributed by atoms with E-state index in [1.807, 2.05) is 30.3 Å². The lowest BCUT2D eigenvalue weighted by Crippen LogP contribution is -2.15. The van der Waals surface area contributed by atoms with Crippen LogP contribution >= 0.6 is 0 Å². The number of hydrogen-bond donors (Lipinski definition) is 1. The molecule has 1 N–H and O–H groups in total. The summed E-state index contributed by atoms with van der Waals surface area (Å²) >= 11 is 0. The van der Waals surface area contributed by atoms with Crippen LogP contribution in [-0.2, 0) is 14.8 Å². The number of nitrogens with one attached hydrogen (secondary N) is 1. The largest absolute Gasteiger partial charge is 0.462 e. The van der Waals surface area contributed by atoms with Crippen LogP contribution in [-0.4, -0.2) is 26.7 Å². The van der Waals surface area contributed by atoms with E-state index in [4.69, 9.17) is 9.15 Å². The maximum absolute atomic E-state index is 12.6. The van der Waals surface area contributed by atoms with Gasteiger partial charge in [-0.1, -0.05) is 30.3 Å². The number of esters is 1. The number of ether oxygens (including phenoxy) is 1. The van der Waals surface area contributed by atoms with Crippen molar-refractivity contribution in [2.24, 2.45) is 0 Å². The molecule has 0 aliphatic heterocycles. The number of hydrogen-bond acceptors (Lipinski definition) is 5. The molecule has 0 atom stereocenters. The Kier molecular flexibility index (Phi) is 5.23. The topological polar surface area (TPSA) is 85.6 Å². The zero-order valence-corrected chi connectivity index (χ0v) is 16.2. The monoisotopic (exact) mass is 387 g/mol. The van der Waals surface area contributed by atoms with Gasteiger partial charge in [0.15, 0.2) is 0 Å². The third-order valence-electron chi connectivity index (χ3n) is 4.20. The molecule has 0 aliphatic carbocycles. The van der Waals surface area contributed by atoms with Gasteiger partial charge in [-0.2, -0.15) is 0 Å². The Labute approximate surface area is 158 Å². The summed E-state index contributed by atoms with van der Waals surface area (Å²) < 4.78 is 37.7. The molecular weight excluding hydrogens is 366 g/mol. The van der Waals surface area contributed by atoms with E-state index in [1.165, 1.54) is 0 Å². The average Bonchev–Trinajstić information content (AvgIpc) is 3.01. The van der Waals surface area contributed by atoms with Crippen molar-refractivity contribution in [3.05, 3.63) is 53.6 Å². The highest BCUT2D eigenvalue weighted by Crippen LogP contribution is 2.37. The first-order valence-corrected chi connectivity index (χ1v) is 10.3. The van der Waals surface area contributed by atoms with Gasteiger partial charge in [0.05, 0.1) is 18.0 Å². The Morgan fingerprint density at radius 2 is 1.85 bits per heavy atom. The van der Waals surface area contributed by atoms with Gasteiger partial charge in [-0.15, -0.1) is 0 Å². The number of furan rings is 1. The van der Waals surface area contributed by atoms with Crippen molar-refractivity contribution in [1.82, 2.24) is 0 Å².